The molecule has 2 N–H and O–H groups in total. The highest BCUT2D eigenvalue weighted by Gasteiger charge is 2.23. The van der Waals surface area contributed by atoms with Crippen LogP contribution in [0.5, 0.6) is 0 Å². The second kappa shape index (κ2) is 4.10. The Labute approximate surface area is 88.3 Å². The standard InChI is InChI=1S/C10H15FN4/c1-2-8-9(11)10(14-6-13-8)15-4-3-7(12)5-15/h6-7H,2-5,12H2,1H3. The summed E-state index contributed by atoms with van der Waals surface area (Å²) in [6, 6.07) is 0.129. The first kappa shape index (κ1) is 10.3. The van der Waals surface area contributed by atoms with Crippen molar-refractivity contribution in [3.63, 3.8) is 0 Å². The monoisotopic (exact) mass is 210 g/mol. The van der Waals surface area contributed by atoms with Crippen molar-refractivity contribution in [2.75, 3.05) is 18.0 Å². The maximum Gasteiger partial charge on any atom is 0.187 e. The molecule has 1 fully saturated rings. The second-order valence-corrected chi connectivity index (χ2v) is 3.81. The Morgan fingerprint density at radius 1 is 1.60 bits per heavy atom. The molecule has 0 spiro atoms. The highest BCUT2D eigenvalue weighted by atomic mass is 19.1. The molecule has 0 aromatic carbocycles. The molecule has 0 amide bonds. The summed E-state index contributed by atoms with van der Waals surface area (Å²) in [5, 5.41) is 0. The molecular formula is C10H15FN4. The van der Waals surface area contributed by atoms with Crippen molar-refractivity contribution >= 4 is 5.82 Å². The Hall–Kier alpha value is -1.23. The van der Waals surface area contributed by atoms with Gasteiger partial charge in [-0.05, 0) is 12.8 Å². The van der Waals surface area contributed by atoms with Crippen LogP contribution in [0.2, 0.25) is 0 Å². The van der Waals surface area contributed by atoms with E-state index in [1.54, 1.807) is 0 Å². The molecule has 1 unspecified atom stereocenters. The van der Waals surface area contributed by atoms with Crippen LogP contribution < -0.4 is 10.6 Å². The molecule has 1 saturated heterocycles. The van der Waals surface area contributed by atoms with Crippen molar-refractivity contribution in [1.82, 2.24) is 9.97 Å². The van der Waals surface area contributed by atoms with Crippen LogP contribution in [-0.4, -0.2) is 29.1 Å². The number of hydrogen-bond donors (Lipinski definition) is 1. The van der Waals surface area contributed by atoms with E-state index in [1.165, 1.54) is 6.33 Å². The average molecular weight is 210 g/mol. The third-order valence-corrected chi connectivity index (χ3v) is 2.70. The largest absolute Gasteiger partial charge is 0.352 e. The fraction of sp³-hybridized carbons (Fsp3) is 0.600. The Morgan fingerprint density at radius 2 is 2.40 bits per heavy atom. The molecule has 82 valence electrons. The fourth-order valence-electron chi connectivity index (χ4n) is 1.84. The van der Waals surface area contributed by atoms with Crippen molar-refractivity contribution in [1.29, 1.82) is 0 Å². The van der Waals surface area contributed by atoms with Crippen molar-refractivity contribution in [2.45, 2.75) is 25.8 Å². The lowest BCUT2D eigenvalue weighted by Gasteiger charge is -2.17. The van der Waals surface area contributed by atoms with Crippen molar-refractivity contribution < 1.29 is 4.39 Å². The van der Waals surface area contributed by atoms with Gasteiger partial charge in [-0.25, -0.2) is 14.4 Å². The number of aryl methyl sites for hydroxylation is 1. The van der Waals surface area contributed by atoms with Crippen LogP contribution in [0.3, 0.4) is 0 Å². The van der Waals surface area contributed by atoms with Crippen molar-refractivity contribution in [3.8, 4) is 0 Å². The molecule has 0 saturated carbocycles. The first-order valence-corrected chi connectivity index (χ1v) is 5.22. The number of hydrogen-bond acceptors (Lipinski definition) is 4. The number of aromatic nitrogens is 2. The van der Waals surface area contributed by atoms with E-state index in [2.05, 4.69) is 9.97 Å². The molecule has 2 heterocycles. The van der Waals surface area contributed by atoms with Crippen LogP contribution in [0.15, 0.2) is 6.33 Å². The first-order valence-electron chi connectivity index (χ1n) is 5.22. The lowest BCUT2D eigenvalue weighted by Crippen LogP contribution is -2.28. The summed E-state index contributed by atoms with van der Waals surface area (Å²) in [5.41, 5.74) is 6.25. The Kier molecular flexibility index (Phi) is 2.81. The average Bonchev–Trinajstić information content (AvgIpc) is 2.65. The van der Waals surface area contributed by atoms with Crippen LogP contribution in [-0.2, 0) is 6.42 Å². The van der Waals surface area contributed by atoms with Crippen molar-refractivity contribution in [2.24, 2.45) is 5.73 Å². The number of halogens is 1. The van der Waals surface area contributed by atoms with Crippen LogP contribution >= 0.6 is 0 Å². The zero-order chi connectivity index (χ0) is 10.8. The van der Waals surface area contributed by atoms with Gasteiger partial charge in [-0.1, -0.05) is 6.92 Å². The predicted octanol–water partition coefficient (Wildman–Crippen LogP) is 0.715. The molecular weight excluding hydrogens is 195 g/mol. The van der Waals surface area contributed by atoms with Gasteiger partial charge >= 0.3 is 0 Å². The smallest absolute Gasteiger partial charge is 0.187 e. The van der Waals surface area contributed by atoms with E-state index in [0.717, 1.165) is 13.0 Å². The molecule has 0 aliphatic carbocycles. The van der Waals surface area contributed by atoms with Gasteiger partial charge in [0.15, 0.2) is 11.6 Å². The van der Waals surface area contributed by atoms with Crippen LogP contribution in [0.4, 0.5) is 10.2 Å². The third-order valence-electron chi connectivity index (χ3n) is 2.70. The summed E-state index contributed by atoms with van der Waals surface area (Å²) < 4.78 is 13.8. The first-order chi connectivity index (χ1) is 7.22. The van der Waals surface area contributed by atoms with Crippen LogP contribution in [0.25, 0.3) is 0 Å². The zero-order valence-corrected chi connectivity index (χ0v) is 8.78. The highest BCUT2D eigenvalue weighted by Crippen LogP contribution is 2.21. The minimum absolute atomic E-state index is 0.129. The minimum Gasteiger partial charge on any atom is -0.352 e. The van der Waals surface area contributed by atoms with Gasteiger partial charge < -0.3 is 10.6 Å². The van der Waals surface area contributed by atoms with Gasteiger partial charge in [0, 0.05) is 19.1 Å². The summed E-state index contributed by atoms with van der Waals surface area (Å²) in [6.45, 7) is 3.33. The maximum atomic E-state index is 13.8. The Bertz CT molecular complexity index is 355. The van der Waals surface area contributed by atoms with E-state index in [0.29, 0.717) is 24.5 Å². The maximum absolute atomic E-state index is 13.8. The van der Waals surface area contributed by atoms with E-state index in [1.807, 2.05) is 11.8 Å². The molecule has 0 radical (unpaired) electrons. The number of rotatable bonds is 2. The van der Waals surface area contributed by atoms with Crippen LogP contribution in [0, 0.1) is 5.82 Å². The molecule has 5 heteroatoms. The molecule has 2 rings (SSSR count). The summed E-state index contributed by atoms with van der Waals surface area (Å²) in [4.78, 5) is 9.78. The minimum atomic E-state index is -0.297. The molecule has 15 heavy (non-hydrogen) atoms. The lowest BCUT2D eigenvalue weighted by atomic mass is 10.3. The van der Waals surface area contributed by atoms with Gasteiger partial charge in [-0.15, -0.1) is 0 Å². The molecule has 1 aromatic rings. The molecule has 1 aliphatic rings. The van der Waals surface area contributed by atoms with E-state index in [-0.39, 0.29) is 11.9 Å². The number of nitrogens with zero attached hydrogens (tertiary/aromatic N) is 3. The Balaban J connectivity index is 2.28. The summed E-state index contributed by atoms with van der Waals surface area (Å²) >= 11 is 0. The zero-order valence-electron chi connectivity index (χ0n) is 8.78. The molecule has 4 nitrogen and oxygen atoms in total. The number of anilines is 1. The lowest BCUT2D eigenvalue weighted by molar-refractivity contribution is 0.588. The van der Waals surface area contributed by atoms with E-state index >= 15 is 0 Å². The quantitative estimate of drug-likeness (QED) is 0.781. The predicted molar refractivity (Wildman–Crippen MR) is 56.2 cm³/mol. The van der Waals surface area contributed by atoms with Gasteiger partial charge in [0.25, 0.3) is 0 Å². The highest BCUT2D eigenvalue weighted by molar-refractivity contribution is 5.42. The molecule has 1 aliphatic heterocycles. The van der Waals surface area contributed by atoms with Gasteiger partial charge in [-0.2, -0.15) is 0 Å². The molecule has 1 atom stereocenters. The fourth-order valence-corrected chi connectivity index (χ4v) is 1.84. The summed E-state index contributed by atoms with van der Waals surface area (Å²) in [6.07, 6.45) is 2.90. The normalized spacial score (nSPS) is 21.0. The summed E-state index contributed by atoms with van der Waals surface area (Å²) in [7, 11) is 0. The SMILES string of the molecule is CCc1ncnc(N2CCC(N)C2)c1F. The second-order valence-electron chi connectivity index (χ2n) is 3.81. The molecule has 1 aromatic heterocycles. The van der Waals surface area contributed by atoms with E-state index < -0.39 is 0 Å². The van der Waals surface area contributed by atoms with Crippen molar-refractivity contribution in [3.05, 3.63) is 17.8 Å². The topological polar surface area (TPSA) is 55.0 Å². The molecule has 0 bridgehead atoms. The van der Waals surface area contributed by atoms with E-state index in [9.17, 15) is 4.39 Å². The Morgan fingerprint density at radius 3 is 3.00 bits per heavy atom. The van der Waals surface area contributed by atoms with E-state index in [4.69, 9.17) is 5.73 Å². The van der Waals surface area contributed by atoms with Gasteiger partial charge in [0.05, 0.1) is 5.69 Å². The van der Waals surface area contributed by atoms with Gasteiger partial charge in [0.2, 0.25) is 0 Å². The number of nitrogens with two attached hydrogens (primary N) is 1. The third kappa shape index (κ3) is 1.92. The summed E-state index contributed by atoms with van der Waals surface area (Å²) in [5.74, 6) is 0.101. The van der Waals surface area contributed by atoms with Gasteiger partial charge in [-0.3, -0.25) is 0 Å². The van der Waals surface area contributed by atoms with Gasteiger partial charge in [0.1, 0.15) is 6.33 Å². The van der Waals surface area contributed by atoms with Crippen LogP contribution in [0.1, 0.15) is 19.0 Å².